The number of benzene rings is 1. The number of nitrogens with two attached hydrogens (primary N) is 1. The number of hydrogen-bond donors (Lipinski definition) is 2. The summed E-state index contributed by atoms with van der Waals surface area (Å²) in [5.74, 6) is -0.0453. The molecule has 7 nitrogen and oxygen atoms in total. The van der Waals surface area contributed by atoms with Gasteiger partial charge in [-0.05, 0) is 24.3 Å². The Morgan fingerprint density at radius 3 is 2.43 bits per heavy atom. The predicted octanol–water partition coefficient (Wildman–Crippen LogP) is -0.0933. The van der Waals surface area contributed by atoms with Crippen molar-refractivity contribution in [3.63, 3.8) is 0 Å². The van der Waals surface area contributed by atoms with E-state index >= 15 is 0 Å². The van der Waals surface area contributed by atoms with Crippen molar-refractivity contribution < 1.29 is 14.3 Å². The zero-order valence-corrected chi connectivity index (χ0v) is 11.6. The van der Waals surface area contributed by atoms with Crippen LogP contribution in [0.4, 0.5) is 16.2 Å². The minimum Gasteiger partial charge on any atom is -0.370 e. The molecule has 3 rings (SSSR count). The zero-order valence-electron chi connectivity index (χ0n) is 11.6. The Hall–Kier alpha value is -2.12. The number of urea groups is 1. The number of anilines is 2. The highest BCUT2D eigenvalue weighted by Gasteiger charge is 2.29. The van der Waals surface area contributed by atoms with Crippen molar-refractivity contribution in [2.24, 2.45) is 5.73 Å². The van der Waals surface area contributed by atoms with Gasteiger partial charge in [-0.1, -0.05) is 0 Å². The first-order chi connectivity index (χ1) is 10.2. The van der Waals surface area contributed by atoms with Gasteiger partial charge in [-0.15, -0.1) is 0 Å². The quantitative estimate of drug-likeness (QED) is 0.814. The van der Waals surface area contributed by atoms with Crippen molar-refractivity contribution in [1.82, 2.24) is 5.32 Å². The number of nitrogens with zero attached hydrogens (tertiary/aromatic N) is 2. The third kappa shape index (κ3) is 2.70. The van der Waals surface area contributed by atoms with Crippen molar-refractivity contribution in [3.8, 4) is 0 Å². The van der Waals surface area contributed by atoms with Crippen molar-refractivity contribution >= 4 is 23.3 Å². The van der Waals surface area contributed by atoms with Crippen LogP contribution in [0.3, 0.4) is 0 Å². The number of amides is 3. The highest BCUT2D eigenvalue weighted by atomic mass is 16.5. The minimum atomic E-state index is -0.138. The molecule has 0 saturated carbocycles. The van der Waals surface area contributed by atoms with E-state index < -0.39 is 0 Å². The second-order valence-electron chi connectivity index (χ2n) is 5.11. The van der Waals surface area contributed by atoms with E-state index in [4.69, 9.17) is 10.5 Å². The first kappa shape index (κ1) is 13.8. The fourth-order valence-corrected chi connectivity index (χ4v) is 2.56. The molecule has 3 N–H and O–H groups in total. The summed E-state index contributed by atoms with van der Waals surface area (Å²) < 4.78 is 5.11. The molecule has 0 spiro atoms. The van der Waals surface area contributed by atoms with Crippen LogP contribution in [0.5, 0.6) is 0 Å². The molecule has 2 aliphatic heterocycles. The van der Waals surface area contributed by atoms with E-state index in [1.165, 1.54) is 0 Å². The van der Waals surface area contributed by atoms with Gasteiger partial charge in [0.2, 0.25) is 0 Å². The maximum atomic E-state index is 11.9. The summed E-state index contributed by atoms with van der Waals surface area (Å²) in [6.45, 7) is 2.19. The fourth-order valence-electron chi connectivity index (χ4n) is 2.56. The number of nitrogens with one attached hydrogen (secondary N) is 1. The first-order valence-corrected chi connectivity index (χ1v) is 6.95. The summed E-state index contributed by atoms with van der Waals surface area (Å²) in [5, 5.41) is 2.82. The average Bonchev–Trinajstić information content (AvgIpc) is 2.89. The highest BCUT2D eigenvalue weighted by molar-refractivity contribution is 5.97. The van der Waals surface area contributed by atoms with Crippen LogP contribution in [0.25, 0.3) is 0 Å². The molecule has 0 radical (unpaired) electrons. The summed E-state index contributed by atoms with van der Waals surface area (Å²) >= 11 is 0. The maximum absolute atomic E-state index is 11.9. The molecule has 2 saturated heterocycles. The maximum Gasteiger partial charge on any atom is 0.322 e. The molecule has 3 amide bonds. The molecular weight excluding hydrogens is 272 g/mol. The summed E-state index contributed by atoms with van der Waals surface area (Å²) in [7, 11) is 0. The van der Waals surface area contributed by atoms with E-state index in [0.29, 0.717) is 26.2 Å². The standard InChI is InChI=1S/C14H18N4O3/c15-7-10-8-18(14(20)16-10)12-3-1-11(2-4-12)17-5-6-21-9-13(17)19/h1-4,10H,5-9,15H2,(H,16,20). The Morgan fingerprint density at radius 1 is 1.19 bits per heavy atom. The SMILES string of the molecule is NCC1CN(c2ccc(N3CCOCC3=O)cc2)C(=O)N1. The Bertz CT molecular complexity index is 546. The molecule has 0 aromatic heterocycles. The highest BCUT2D eigenvalue weighted by Crippen LogP contribution is 2.23. The normalized spacial score (nSPS) is 22.6. The summed E-state index contributed by atoms with van der Waals surface area (Å²) in [6, 6.07) is 7.23. The van der Waals surface area contributed by atoms with Gasteiger partial charge in [-0.2, -0.15) is 0 Å². The molecule has 2 fully saturated rings. The second-order valence-corrected chi connectivity index (χ2v) is 5.11. The van der Waals surface area contributed by atoms with Crippen molar-refractivity contribution in [2.75, 3.05) is 42.6 Å². The molecular formula is C14H18N4O3. The van der Waals surface area contributed by atoms with Gasteiger partial charge in [0.1, 0.15) is 6.61 Å². The molecule has 7 heteroatoms. The lowest BCUT2D eigenvalue weighted by Gasteiger charge is -2.27. The fraction of sp³-hybridized carbons (Fsp3) is 0.429. The summed E-state index contributed by atoms with van der Waals surface area (Å²) in [6.07, 6.45) is 0. The predicted molar refractivity (Wildman–Crippen MR) is 78.3 cm³/mol. The van der Waals surface area contributed by atoms with Gasteiger partial charge in [0.05, 0.1) is 12.6 Å². The Labute approximate surface area is 122 Å². The molecule has 2 aliphatic rings. The van der Waals surface area contributed by atoms with E-state index in [0.717, 1.165) is 11.4 Å². The van der Waals surface area contributed by atoms with Crippen LogP contribution >= 0.6 is 0 Å². The summed E-state index contributed by atoms with van der Waals surface area (Å²) in [5.41, 5.74) is 7.20. The monoisotopic (exact) mass is 290 g/mol. The lowest BCUT2D eigenvalue weighted by Crippen LogP contribution is -2.41. The molecule has 112 valence electrons. The van der Waals surface area contributed by atoms with Crippen molar-refractivity contribution in [3.05, 3.63) is 24.3 Å². The van der Waals surface area contributed by atoms with Crippen LogP contribution in [0.1, 0.15) is 0 Å². The number of carbonyl (C=O) groups is 2. The Balaban J connectivity index is 1.75. The third-order valence-corrected chi connectivity index (χ3v) is 3.72. The number of morpholine rings is 1. The number of hydrogen-bond acceptors (Lipinski definition) is 4. The van der Waals surface area contributed by atoms with E-state index in [1.807, 2.05) is 24.3 Å². The van der Waals surface area contributed by atoms with E-state index in [1.54, 1.807) is 9.80 Å². The van der Waals surface area contributed by atoms with Crippen LogP contribution in [0, 0.1) is 0 Å². The number of carbonyl (C=O) groups excluding carboxylic acids is 2. The van der Waals surface area contributed by atoms with E-state index in [-0.39, 0.29) is 24.6 Å². The van der Waals surface area contributed by atoms with Crippen LogP contribution in [-0.2, 0) is 9.53 Å². The zero-order chi connectivity index (χ0) is 14.8. The summed E-state index contributed by atoms with van der Waals surface area (Å²) in [4.78, 5) is 27.0. The number of rotatable bonds is 3. The molecule has 0 aliphatic carbocycles. The Kier molecular flexibility index (Phi) is 3.76. The Morgan fingerprint density at radius 2 is 1.86 bits per heavy atom. The van der Waals surface area contributed by atoms with Gasteiger partial charge >= 0.3 is 6.03 Å². The van der Waals surface area contributed by atoms with Crippen LogP contribution < -0.4 is 20.9 Å². The molecule has 1 aromatic rings. The third-order valence-electron chi connectivity index (χ3n) is 3.72. The van der Waals surface area contributed by atoms with Gasteiger partial charge in [-0.25, -0.2) is 4.79 Å². The molecule has 1 aromatic carbocycles. The lowest BCUT2D eigenvalue weighted by atomic mass is 10.2. The van der Waals surface area contributed by atoms with Gasteiger partial charge in [-0.3, -0.25) is 9.69 Å². The molecule has 1 atom stereocenters. The first-order valence-electron chi connectivity index (χ1n) is 6.95. The van der Waals surface area contributed by atoms with Crippen LogP contribution in [-0.4, -0.2) is 50.8 Å². The largest absolute Gasteiger partial charge is 0.370 e. The van der Waals surface area contributed by atoms with Gasteiger partial charge < -0.3 is 20.7 Å². The van der Waals surface area contributed by atoms with E-state index in [9.17, 15) is 9.59 Å². The van der Waals surface area contributed by atoms with Gasteiger partial charge in [0.15, 0.2) is 0 Å². The lowest BCUT2D eigenvalue weighted by molar-refractivity contribution is -0.125. The molecule has 2 heterocycles. The van der Waals surface area contributed by atoms with Gasteiger partial charge in [0, 0.05) is 31.0 Å². The molecule has 0 bridgehead atoms. The average molecular weight is 290 g/mol. The minimum absolute atomic E-state index is 0.0157. The number of ether oxygens (including phenoxy) is 1. The molecule has 1 unspecified atom stereocenters. The van der Waals surface area contributed by atoms with Crippen LogP contribution in [0.2, 0.25) is 0 Å². The van der Waals surface area contributed by atoms with Crippen molar-refractivity contribution in [1.29, 1.82) is 0 Å². The van der Waals surface area contributed by atoms with Gasteiger partial charge in [0.25, 0.3) is 5.91 Å². The van der Waals surface area contributed by atoms with Crippen molar-refractivity contribution in [2.45, 2.75) is 6.04 Å². The topological polar surface area (TPSA) is 87.9 Å². The second kappa shape index (κ2) is 5.71. The van der Waals surface area contributed by atoms with Crippen LogP contribution in [0.15, 0.2) is 24.3 Å². The smallest absolute Gasteiger partial charge is 0.322 e. The molecule has 21 heavy (non-hydrogen) atoms. The van der Waals surface area contributed by atoms with E-state index in [2.05, 4.69) is 5.32 Å².